The number of hydrogen-bond acceptors (Lipinski definition) is 11. The van der Waals surface area contributed by atoms with Crippen molar-refractivity contribution in [2.75, 3.05) is 13.2 Å². The van der Waals surface area contributed by atoms with Crippen molar-refractivity contribution in [1.29, 1.82) is 0 Å². The van der Waals surface area contributed by atoms with Crippen molar-refractivity contribution in [3.63, 3.8) is 0 Å². The lowest BCUT2D eigenvalue weighted by molar-refractivity contribution is -0.301. The summed E-state index contributed by atoms with van der Waals surface area (Å²) in [6.07, 6.45) is 45.4. The van der Waals surface area contributed by atoms with Gasteiger partial charge in [0.15, 0.2) is 24.6 Å². The molecule has 1 saturated heterocycles. The zero-order valence-corrected chi connectivity index (χ0v) is 46.6. The number of hydrogen-bond donors (Lipinski definition) is 3. The van der Waals surface area contributed by atoms with E-state index in [1.165, 1.54) is 116 Å². The first-order chi connectivity index (χ1) is 35.6. The van der Waals surface area contributed by atoms with Gasteiger partial charge in [-0.3, -0.25) is 14.4 Å². The first-order valence-electron chi connectivity index (χ1n) is 30.0. The topological polar surface area (TPSA) is 175 Å². The van der Waals surface area contributed by atoms with Crippen LogP contribution < -0.4 is 0 Å². The van der Waals surface area contributed by atoms with Crippen LogP contribution in [0, 0.1) is 0 Å². The number of esters is 3. The van der Waals surface area contributed by atoms with Crippen molar-refractivity contribution in [2.45, 2.75) is 314 Å². The molecule has 424 valence electrons. The van der Waals surface area contributed by atoms with E-state index >= 15 is 0 Å². The van der Waals surface area contributed by atoms with Gasteiger partial charge in [0.1, 0.15) is 18.8 Å². The highest BCUT2D eigenvalue weighted by Gasteiger charge is 2.50. The molecular formula is C61H108O12. The van der Waals surface area contributed by atoms with Gasteiger partial charge in [0, 0.05) is 19.3 Å². The van der Waals surface area contributed by atoms with E-state index in [0.717, 1.165) is 103 Å². The molecule has 6 unspecified atom stereocenters. The number of carbonyl (C=O) groups excluding carboxylic acids is 3. The number of unbranched alkanes of at least 4 members (excludes halogenated alkanes) is 31. The van der Waals surface area contributed by atoms with Crippen molar-refractivity contribution in [1.82, 2.24) is 0 Å². The van der Waals surface area contributed by atoms with E-state index in [0.29, 0.717) is 19.3 Å². The zero-order chi connectivity index (χ0) is 53.3. The van der Waals surface area contributed by atoms with Gasteiger partial charge >= 0.3 is 23.9 Å². The average molecular weight is 1030 g/mol. The molecule has 3 N–H and O–H groups in total. The largest absolute Gasteiger partial charge is 0.479 e. The minimum atomic E-state index is -1.90. The third-order valence-corrected chi connectivity index (χ3v) is 13.7. The van der Waals surface area contributed by atoms with Crippen molar-refractivity contribution >= 4 is 23.9 Å². The van der Waals surface area contributed by atoms with Crippen LogP contribution in [0.15, 0.2) is 36.5 Å². The number of carbonyl (C=O) groups is 4. The molecule has 0 saturated carbocycles. The number of allylic oxidation sites excluding steroid dienone is 6. The normalized spacial score (nSPS) is 18.5. The molecule has 1 aliphatic heterocycles. The molecule has 12 heteroatoms. The second-order valence-electron chi connectivity index (χ2n) is 20.6. The van der Waals surface area contributed by atoms with E-state index < -0.39 is 67.3 Å². The summed E-state index contributed by atoms with van der Waals surface area (Å²) in [6, 6.07) is 0. The quantitative estimate of drug-likeness (QED) is 0.0228. The van der Waals surface area contributed by atoms with E-state index in [4.69, 9.17) is 23.7 Å². The Hall–Kier alpha value is -3.06. The van der Waals surface area contributed by atoms with Crippen LogP contribution in [0.4, 0.5) is 0 Å². The Morgan fingerprint density at radius 2 is 0.863 bits per heavy atom. The second-order valence-corrected chi connectivity index (χ2v) is 20.6. The van der Waals surface area contributed by atoms with E-state index in [-0.39, 0.29) is 25.9 Å². The number of carboxylic acids is 1. The molecular weight excluding hydrogens is 925 g/mol. The Balaban J connectivity index is 2.67. The third kappa shape index (κ3) is 39.9. The first-order valence-corrected chi connectivity index (χ1v) is 30.0. The standard InChI is InChI=1S/C61H108O12/c1-4-7-10-13-16-19-22-25-26-27-28-31-34-37-40-43-46-49-55(64)72-59-57(66)56(65)58(60(67)68)73-61(59)70-51-52(71-54(63)48-45-42-39-36-33-30-24-21-18-15-12-9-6-3)50-69-53(62)47-44-41-38-35-32-29-23-20-17-14-11-8-5-2/h7,10,16,19,25-26,52,56-59,61,65-66H,4-6,8-9,11-15,17-18,20-24,27-51H2,1-3H3,(H,67,68)/b10-7-,19-16-,26-25-. The third-order valence-electron chi connectivity index (χ3n) is 13.7. The molecule has 0 radical (unpaired) electrons. The first kappa shape index (κ1) is 68.0. The predicted molar refractivity (Wildman–Crippen MR) is 294 cm³/mol. The molecule has 0 aromatic rings. The maximum absolute atomic E-state index is 13.1. The Kier molecular flexibility index (Phi) is 46.4. The fourth-order valence-corrected chi connectivity index (χ4v) is 9.15. The Labute approximate surface area is 444 Å². The summed E-state index contributed by atoms with van der Waals surface area (Å²) in [4.78, 5) is 51.1. The molecule has 0 aromatic heterocycles. The average Bonchev–Trinajstić information content (AvgIpc) is 3.37. The van der Waals surface area contributed by atoms with E-state index in [9.17, 15) is 34.5 Å². The summed E-state index contributed by atoms with van der Waals surface area (Å²) in [6.45, 7) is 5.90. The van der Waals surface area contributed by atoms with Crippen LogP contribution in [0.1, 0.15) is 278 Å². The minimum absolute atomic E-state index is 0.0527. The second kappa shape index (κ2) is 49.8. The van der Waals surface area contributed by atoms with Gasteiger partial charge in [0.05, 0.1) is 6.61 Å². The van der Waals surface area contributed by atoms with Gasteiger partial charge in [-0.05, 0) is 51.4 Å². The molecule has 0 aliphatic carbocycles. The number of carboxylic acid groups (broad SMARTS) is 1. The zero-order valence-electron chi connectivity index (χ0n) is 46.6. The van der Waals surface area contributed by atoms with Gasteiger partial charge in [-0.15, -0.1) is 0 Å². The Morgan fingerprint density at radius 3 is 1.32 bits per heavy atom. The monoisotopic (exact) mass is 1030 g/mol. The molecule has 1 fully saturated rings. The van der Waals surface area contributed by atoms with E-state index in [2.05, 4.69) is 57.2 Å². The van der Waals surface area contributed by atoms with Gasteiger partial charge in [-0.2, -0.15) is 0 Å². The van der Waals surface area contributed by atoms with Crippen LogP contribution in [-0.2, 0) is 42.9 Å². The maximum atomic E-state index is 13.1. The van der Waals surface area contributed by atoms with Gasteiger partial charge in [-0.25, -0.2) is 4.79 Å². The van der Waals surface area contributed by atoms with Gasteiger partial charge in [0.2, 0.25) is 0 Å². The SMILES string of the molecule is CC/C=C\C/C=C\C/C=C\CCCCCCCCCC(=O)OC1C(OCC(COC(=O)CCCCCCCCCCCCCCC)OC(=O)CCCCCCCCCCCCCCC)OC(C(=O)O)C(O)C1O. The highest BCUT2D eigenvalue weighted by atomic mass is 16.7. The van der Waals surface area contributed by atoms with Crippen molar-refractivity contribution < 1.29 is 58.2 Å². The fraction of sp³-hybridized carbons (Fsp3) is 0.836. The summed E-state index contributed by atoms with van der Waals surface area (Å²) in [7, 11) is 0. The smallest absolute Gasteiger partial charge is 0.335 e. The van der Waals surface area contributed by atoms with Crippen LogP contribution in [0.5, 0.6) is 0 Å². The molecule has 1 aliphatic rings. The van der Waals surface area contributed by atoms with Crippen molar-refractivity contribution in [3.8, 4) is 0 Å². The number of aliphatic carboxylic acids is 1. The van der Waals surface area contributed by atoms with Crippen molar-refractivity contribution in [3.05, 3.63) is 36.5 Å². The summed E-state index contributed by atoms with van der Waals surface area (Å²) < 4.78 is 28.4. The minimum Gasteiger partial charge on any atom is -0.479 e. The Bertz CT molecular complexity index is 1410. The molecule has 1 heterocycles. The summed E-state index contributed by atoms with van der Waals surface area (Å²) in [5.41, 5.74) is 0. The van der Waals surface area contributed by atoms with Crippen LogP contribution in [0.3, 0.4) is 0 Å². The fourth-order valence-electron chi connectivity index (χ4n) is 9.15. The van der Waals surface area contributed by atoms with Gasteiger partial charge < -0.3 is 39.0 Å². The number of ether oxygens (including phenoxy) is 5. The molecule has 0 bridgehead atoms. The molecule has 0 amide bonds. The van der Waals surface area contributed by atoms with Crippen LogP contribution in [0.2, 0.25) is 0 Å². The highest BCUT2D eigenvalue weighted by Crippen LogP contribution is 2.27. The van der Waals surface area contributed by atoms with Crippen LogP contribution >= 0.6 is 0 Å². The van der Waals surface area contributed by atoms with Gasteiger partial charge in [-0.1, -0.05) is 243 Å². The van der Waals surface area contributed by atoms with E-state index in [1.54, 1.807) is 0 Å². The van der Waals surface area contributed by atoms with Gasteiger partial charge in [0.25, 0.3) is 0 Å². The number of rotatable bonds is 51. The highest BCUT2D eigenvalue weighted by molar-refractivity contribution is 5.74. The van der Waals surface area contributed by atoms with Crippen LogP contribution in [0.25, 0.3) is 0 Å². The van der Waals surface area contributed by atoms with E-state index in [1.807, 2.05) is 0 Å². The van der Waals surface area contributed by atoms with Crippen LogP contribution in [-0.4, -0.2) is 89.2 Å². The molecule has 73 heavy (non-hydrogen) atoms. The Morgan fingerprint density at radius 1 is 0.466 bits per heavy atom. The molecule has 12 nitrogen and oxygen atoms in total. The molecule has 0 spiro atoms. The molecule has 0 aromatic carbocycles. The lowest BCUT2D eigenvalue weighted by Crippen LogP contribution is -2.61. The summed E-state index contributed by atoms with van der Waals surface area (Å²) in [5, 5.41) is 31.5. The predicted octanol–water partition coefficient (Wildman–Crippen LogP) is 15.2. The lowest BCUT2D eigenvalue weighted by Gasteiger charge is -2.40. The summed E-state index contributed by atoms with van der Waals surface area (Å²) >= 11 is 0. The number of aliphatic hydroxyl groups is 2. The number of aliphatic hydroxyl groups excluding tert-OH is 2. The summed E-state index contributed by atoms with van der Waals surface area (Å²) in [5.74, 6) is -3.10. The molecule has 6 atom stereocenters. The molecule has 1 rings (SSSR count). The lowest BCUT2D eigenvalue weighted by atomic mass is 9.98. The maximum Gasteiger partial charge on any atom is 0.335 e. The van der Waals surface area contributed by atoms with Crippen molar-refractivity contribution in [2.24, 2.45) is 0 Å².